The van der Waals surface area contributed by atoms with E-state index < -0.39 is 0 Å². The molecule has 0 aliphatic heterocycles. The van der Waals surface area contributed by atoms with Crippen molar-refractivity contribution in [1.82, 2.24) is 0 Å². The lowest BCUT2D eigenvalue weighted by Gasteiger charge is -2.24. The maximum Gasteiger partial charge on any atom is 0.109 e. The van der Waals surface area contributed by atoms with Gasteiger partial charge in [-0.1, -0.05) is 29.3 Å². The number of anilines is 1. The fourth-order valence-corrected chi connectivity index (χ4v) is 2.95. The van der Waals surface area contributed by atoms with Crippen LogP contribution in [0.1, 0.15) is 30.2 Å². The number of rotatable bonds is 2. The van der Waals surface area contributed by atoms with Gasteiger partial charge < -0.3 is 9.73 Å². The molecule has 18 heavy (non-hydrogen) atoms. The molecule has 0 radical (unpaired) electrons. The van der Waals surface area contributed by atoms with Crippen LogP contribution in [0.3, 0.4) is 0 Å². The van der Waals surface area contributed by atoms with Crippen LogP contribution < -0.4 is 5.32 Å². The molecule has 1 aromatic heterocycles. The van der Waals surface area contributed by atoms with Gasteiger partial charge in [0.2, 0.25) is 0 Å². The Morgan fingerprint density at radius 2 is 1.94 bits per heavy atom. The molecular formula is C14H13Cl2NO. The Morgan fingerprint density at radius 1 is 1.17 bits per heavy atom. The molecule has 94 valence electrons. The smallest absolute Gasteiger partial charge is 0.109 e. The van der Waals surface area contributed by atoms with E-state index in [4.69, 9.17) is 27.6 Å². The predicted molar refractivity (Wildman–Crippen MR) is 74.5 cm³/mol. The van der Waals surface area contributed by atoms with Gasteiger partial charge in [-0.25, -0.2) is 0 Å². The van der Waals surface area contributed by atoms with Crippen molar-refractivity contribution in [3.63, 3.8) is 0 Å². The number of hydrogen-bond acceptors (Lipinski definition) is 2. The van der Waals surface area contributed by atoms with Crippen molar-refractivity contribution in [2.45, 2.75) is 25.3 Å². The standard InChI is InChI=1S/C14H13Cl2NO/c15-10-3-1-4-11(16)14(10)17-12-5-2-6-13-9(12)7-8-18-13/h1,3-4,7-8,12,17H,2,5-6H2. The summed E-state index contributed by atoms with van der Waals surface area (Å²) in [6.07, 6.45) is 4.93. The summed E-state index contributed by atoms with van der Waals surface area (Å²) in [6, 6.07) is 7.78. The van der Waals surface area contributed by atoms with Gasteiger partial charge in [0.1, 0.15) is 5.76 Å². The predicted octanol–water partition coefficient (Wildman–Crippen LogP) is 5.08. The zero-order valence-corrected chi connectivity index (χ0v) is 11.3. The van der Waals surface area contributed by atoms with Crippen molar-refractivity contribution in [2.75, 3.05) is 5.32 Å². The third-order valence-electron chi connectivity index (χ3n) is 3.33. The Balaban J connectivity index is 1.91. The molecule has 0 spiro atoms. The molecule has 0 saturated heterocycles. The molecule has 0 saturated carbocycles. The van der Waals surface area contributed by atoms with E-state index in [1.54, 1.807) is 6.26 Å². The van der Waals surface area contributed by atoms with Crippen LogP contribution in [0.25, 0.3) is 0 Å². The number of halogens is 2. The first-order chi connectivity index (χ1) is 8.75. The average molecular weight is 282 g/mol. The van der Waals surface area contributed by atoms with Gasteiger partial charge in [0.05, 0.1) is 28.0 Å². The number of nitrogens with one attached hydrogen (secondary N) is 1. The second-order valence-corrected chi connectivity index (χ2v) is 5.30. The van der Waals surface area contributed by atoms with E-state index in [0.717, 1.165) is 30.7 Å². The van der Waals surface area contributed by atoms with Crippen LogP contribution in [-0.4, -0.2) is 0 Å². The Bertz CT molecular complexity index is 544. The largest absolute Gasteiger partial charge is 0.469 e. The molecule has 0 amide bonds. The van der Waals surface area contributed by atoms with Crippen molar-refractivity contribution in [3.05, 3.63) is 51.9 Å². The minimum atomic E-state index is 0.227. The van der Waals surface area contributed by atoms with Crippen LogP contribution in [-0.2, 0) is 6.42 Å². The molecule has 1 aromatic carbocycles. The first-order valence-electron chi connectivity index (χ1n) is 6.02. The average Bonchev–Trinajstić information content (AvgIpc) is 2.83. The van der Waals surface area contributed by atoms with Crippen LogP contribution in [0.4, 0.5) is 5.69 Å². The van der Waals surface area contributed by atoms with E-state index in [1.165, 1.54) is 5.56 Å². The molecule has 1 N–H and O–H groups in total. The number of para-hydroxylation sites is 1. The summed E-state index contributed by atoms with van der Waals surface area (Å²) < 4.78 is 5.48. The molecule has 1 aliphatic carbocycles. The summed E-state index contributed by atoms with van der Waals surface area (Å²) in [5, 5.41) is 4.74. The van der Waals surface area contributed by atoms with Gasteiger partial charge in [0.15, 0.2) is 0 Å². The van der Waals surface area contributed by atoms with Crippen molar-refractivity contribution < 1.29 is 4.42 Å². The molecule has 1 unspecified atom stereocenters. The molecule has 4 heteroatoms. The summed E-state index contributed by atoms with van der Waals surface area (Å²) in [7, 11) is 0. The number of fused-ring (bicyclic) bond motifs is 1. The second-order valence-electron chi connectivity index (χ2n) is 4.48. The Kier molecular flexibility index (Phi) is 3.23. The highest BCUT2D eigenvalue weighted by Gasteiger charge is 2.23. The molecule has 1 aliphatic rings. The van der Waals surface area contributed by atoms with E-state index in [2.05, 4.69) is 5.32 Å². The first kappa shape index (κ1) is 11.9. The summed E-state index contributed by atoms with van der Waals surface area (Å²) >= 11 is 12.4. The maximum absolute atomic E-state index is 6.18. The van der Waals surface area contributed by atoms with Crippen molar-refractivity contribution >= 4 is 28.9 Å². The molecule has 0 fully saturated rings. The van der Waals surface area contributed by atoms with Gasteiger partial charge in [-0.15, -0.1) is 0 Å². The lowest BCUT2D eigenvalue weighted by molar-refractivity contribution is 0.461. The zero-order chi connectivity index (χ0) is 12.5. The summed E-state index contributed by atoms with van der Waals surface area (Å²) in [5.41, 5.74) is 2.03. The second kappa shape index (κ2) is 4.87. The maximum atomic E-state index is 6.18. The molecule has 3 rings (SSSR count). The van der Waals surface area contributed by atoms with Gasteiger partial charge >= 0.3 is 0 Å². The fraction of sp³-hybridized carbons (Fsp3) is 0.286. The van der Waals surface area contributed by atoms with Crippen LogP contribution >= 0.6 is 23.2 Å². The minimum absolute atomic E-state index is 0.227. The van der Waals surface area contributed by atoms with E-state index in [-0.39, 0.29) is 6.04 Å². The van der Waals surface area contributed by atoms with Crippen LogP contribution in [0, 0.1) is 0 Å². The van der Waals surface area contributed by atoms with E-state index in [1.807, 2.05) is 24.3 Å². The fourth-order valence-electron chi connectivity index (χ4n) is 2.45. The van der Waals surface area contributed by atoms with Gasteiger partial charge in [-0.05, 0) is 31.0 Å². The Labute approximate surface area is 116 Å². The Hall–Kier alpha value is -1.12. The lowest BCUT2D eigenvalue weighted by Crippen LogP contribution is -2.16. The van der Waals surface area contributed by atoms with Gasteiger partial charge in [0.25, 0.3) is 0 Å². The highest BCUT2D eigenvalue weighted by molar-refractivity contribution is 6.39. The van der Waals surface area contributed by atoms with E-state index >= 15 is 0 Å². The van der Waals surface area contributed by atoms with Crippen LogP contribution in [0.15, 0.2) is 34.9 Å². The van der Waals surface area contributed by atoms with Crippen LogP contribution in [0.2, 0.25) is 10.0 Å². The van der Waals surface area contributed by atoms with Gasteiger partial charge in [-0.2, -0.15) is 0 Å². The number of aryl methyl sites for hydroxylation is 1. The van der Waals surface area contributed by atoms with Gasteiger partial charge in [-0.3, -0.25) is 0 Å². The minimum Gasteiger partial charge on any atom is -0.469 e. The van der Waals surface area contributed by atoms with Gasteiger partial charge in [0, 0.05) is 12.0 Å². The van der Waals surface area contributed by atoms with Crippen molar-refractivity contribution in [1.29, 1.82) is 0 Å². The number of hydrogen-bond donors (Lipinski definition) is 1. The summed E-state index contributed by atoms with van der Waals surface area (Å²) in [4.78, 5) is 0. The third kappa shape index (κ3) is 2.11. The van der Waals surface area contributed by atoms with E-state index in [0.29, 0.717) is 10.0 Å². The van der Waals surface area contributed by atoms with Crippen molar-refractivity contribution in [3.8, 4) is 0 Å². The third-order valence-corrected chi connectivity index (χ3v) is 3.96. The first-order valence-corrected chi connectivity index (χ1v) is 6.78. The van der Waals surface area contributed by atoms with Crippen LogP contribution in [0.5, 0.6) is 0 Å². The lowest BCUT2D eigenvalue weighted by atomic mass is 9.93. The molecular weight excluding hydrogens is 269 g/mol. The molecule has 1 heterocycles. The van der Waals surface area contributed by atoms with E-state index in [9.17, 15) is 0 Å². The number of benzene rings is 1. The summed E-state index contributed by atoms with van der Waals surface area (Å²) in [6.45, 7) is 0. The molecule has 1 atom stereocenters. The SMILES string of the molecule is Clc1cccc(Cl)c1NC1CCCc2occc21. The monoisotopic (exact) mass is 281 g/mol. The molecule has 2 nitrogen and oxygen atoms in total. The Morgan fingerprint density at radius 3 is 2.72 bits per heavy atom. The quantitative estimate of drug-likeness (QED) is 0.831. The highest BCUT2D eigenvalue weighted by Crippen LogP contribution is 2.37. The van der Waals surface area contributed by atoms with Crippen molar-refractivity contribution in [2.24, 2.45) is 0 Å². The zero-order valence-electron chi connectivity index (χ0n) is 9.75. The summed E-state index contributed by atoms with van der Waals surface area (Å²) in [5.74, 6) is 1.07. The number of furan rings is 1. The topological polar surface area (TPSA) is 25.2 Å². The molecule has 2 aromatic rings. The normalized spacial score (nSPS) is 18.4. The molecule has 0 bridgehead atoms. The highest BCUT2D eigenvalue weighted by atomic mass is 35.5.